The average molecular weight is 326 g/mol. The third kappa shape index (κ3) is 3.43. The second kappa shape index (κ2) is 6.95. The summed E-state index contributed by atoms with van der Waals surface area (Å²) >= 11 is 0. The van der Waals surface area contributed by atoms with Gasteiger partial charge in [-0.3, -0.25) is 4.79 Å². The fourth-order valence-corrected chi connectivity index (χ4v) is 2.22. The first-order chi connectivity index (χ1) is 11.7. The lowest BCUT2D eigenvalue weighted by molar-refractivity contribution is 0.0947. The van der Waals surface area contributed by atoms with Gasteiger partial charge in [-0.2, -0.15) is 0 Å². The normalized spacial score (nSPS) is 10.4. The minimum absolute atomic E-state index is 0.197. The Balaban J connectivity index is 1.73. The zero-order valence-corrected chi connectivity index (χ0v) is 13.0. The number of aromatic nitrogens is 1. The number of hydrogen-bond donors (Lipinski definition) is 1. The van der Waals surface area contributed by atoms with Crippen LogP contribution in [0.1, 0.15) is 16.1 Å². The first-order valence-corrected chi connectivity index (χ1v) is 7.28. The van der Waals surface area contributed by atoms with Crippen molar-refractivity contribution in [2.45, 2.75) is 6.54 Å². The predicted octanol–water partition coefficient (Wildman–Crippen LogP) is 3.42. The van der Waals surface area contributed by atoms with Crippen LogP contribution in [0.15, 0.2) is 59.3 Å². The fourth-order valence-electron chi connectivity index (χ4n) is 2.22. The van der Waals surface area contributed by atoms with E-state index in [1.807, 2.05) is 0 Å². The van der Waals surface area contributed by atoms with E-state index < -0.39 is 0 Å². The molecule has 0 aliphatic carbocycles. The highest BCUT2D eigenvalue weighted by Gasteiger charge is 2.18. The molecule has 2 aromatic carbocycles. The summed E-state index contributed by atoms with van der Waals surface area (Å²) in [5.41, 5.74) is 1.71. The molecule has 1 N–H and O–H groups in total. The van der Waals surface area contributed by atoms with Gasteiger partial charge in [0.1, 0.15) is 11.6 Å². The molecule has 1 aromatic heterocycles. The molecule has 1 heterocycles. The predicted molar refractivity (Wildman–Crippen MR) is 86.1 cm³/mol. The van der Waals surface area contributed by atoms with Gasteiger partial charge in [-0.1, -0.05) is 12.1 Å². The molecule has 0 spiro atoms. The summed E-state index contributed by atoms with van der Waals surface area (Å²) in [6, 6.07) is 13.1. The molecule has 0 fully saturated rings. The molecule has 0 atom stereocenters. The number of nitrogens with one attached hydrogen (secondary N) is 1. The van der Waals surface area contributed by atoms with Gasteiger partial charge in [-0.05, 0) is 42.0 Å². The molecule has 24 heavy (non-hydrogen) atoms. The zero-order valence-electron chi connectivity index (χ0n) is 13.0. The first kappa shape index (κ1) is 15.7. The number of rotatable bonds is 5. The molecule has 0 bridgehead atoms. The van der Waals surface area contributed by atoms with Crippen molar-refractivity contribution in [3.8, 4) is 17.1 Å². The second-order valence-electron chi connectivity index (χ2n) is 5.07. The minimum Gasteiger partial charge on any atom is -0.497 e. The van der Waals surface area contributed by atoms with E-state index in [0.29, 0.717) is 11.5 Å². The van der Waals surface area contributed by atoms with Crippen LogP contribution in [0.5, 0.6) is 5.75 Å². The lowest BCUT2D eigenvalue weighted by Gasteiger charge is -2.05. The van der Waals surface area contributed by atoms with E-state index in [-0.39, 0.29) is 24.0 Å². The Kier molecular flexibility index (Phi) is 4.56. The largest absolute Gasteiger partial charge is 0.497 e. The summed E-state index contributed by atoms with van der Waals surface area (Å²) in [6.07, 6.45) is 1.23. The van der Waals surface area contributed by atoms with Crippen LogP contribution < -0.4 is 10.1 Å². The molecule has 6 heteroatoms. The van der Waals surface area contributed by atoms with Crippen molar-refractivity contribution in [3.63, 3.8) is 0 Å². The Morgan fingerprint density at radius 1 is 1.17 bits per heavy atom. The number of nitrogens with zero attached hydrogens (tertiary/aromatic N) is 1. The molecule has 0 radical (unpaired) electrons. The maximum Gasteiger partial charge on any atom is 0.274 e. The summed E-state index contributed by atoms with van der Waals surface area (Å²) in [5, 5.41) is 2.74. The van der Waals surface area contributed by atoms with Crippen molar-refractivity contribution in [2.24, 2.45) is 0 Å². The highest BCUT2D eigenvalue weighted by molar-refractivity contribution is 5.97. The number of oxazole rings is 1. The standard InChI is InChI=1S/C18H15FN2O3/c1-23-15-8-4-13(5-9-15)17-16(21-11-24-17)18(22)20-10-12-2-6-14(19)7-3-12/h2-9,11H,10H2,1H3,(H,20,22). The Bertz CT molecular complexity index is 826. The van der Waals surface area contributed by atoms with Crippen molar-refractivity contribution in [2.75, 3.05) is 7.11 Å². The quantitative estimate of drug-likeness (QED) is 0.780. The number of methoxy groups -OCH3 is 1. The van der Waals surface area contributed by atoms with E-state index in [4.69, 9.17) is 9.15 Å². The molecule has 122 valence electrons. The Hall–Kier alpha value is -3.15. The van der Waals surface area contributed by atoms with E-state index in [2.05, 4.69) is 10.3 Å². The monoisotopic (exact) mass is 326 g/mol. The van der Waals surface area contributed by atoms with Crippen LogP contribution in [0.25, 0.3) is 11.3 Å². The van der Waals surface area contributed by atoms with Gasteiger partial charge in [-0.25, -0.2) is 9.37 Å². The summed E-state index contributed by atoms with van der Waals surface area (Å²) in [5.74, 6) is 0.414. The van der Waals surface area contributed by atoms with E-state index >= 15 is 0 Å². The fraction of sp³-hybridized carbons (Fsp3) is 0.111. The number of carbonyl (C=O) groups excluding carboxylic acids is 1. The van der Waals surface area contributed by atoms with E-state index in [0.717, 1.165) is 11.1 Å². The van der Waals surface area contributed by atoms with Gasteiger partial charge in [0.25, 0.3) is 5.91 Å². The maximum atomic E-state index is 12.9. The third-order valence-corrected chi connectivity index (χ3v) is 3.50. The summed E-state index contributed by atoms with van der Waals surface area (Å²) in [6.45, 7) is 0.272. The van der Waals surface area contributed by atoms with Gasteiger partial charge in [0.15, 0.2) is 17.8 Å². The van der Waals surface area contributed by atoms with Crippen molar-refractivity contribution < 1.29 is 18.3 Å². The van der Waals surface area contributed by atoms with Crippen LogP contribution >= 0.6 is 0 Å². The minimum atomic E-state index is -0.362. The van der Waals surface area contributed by atoms with Gasteiger partial charge in [0.05, 0.1) is 7.11 Å². The number of carbonyl (C=O) groups is 1. The second-order valence-corrected chi connectivity index (χ2v) is 5.07. The van der Waals surface area contributed by atoms with Crippen LogP contribution in [0.4, 0.5) is 4.39 Å². The number of amides is 1. The number of ether oxygens (including phenoxy) is 1. The maximum absolute atomic E-state index is 12.9. The Morgan fingerprint density at radius 3 is 2.54 bits per heavy atom. The molecular weight excluding hydrogens is 311 g/mol. The van der Waals surface area contributed by atoms with E-state index in [9.17, 15) is 9.18 Å². The van der Waals surface area contributed by atoms with E-state index in [1.165, 1.54) is 18.5 Å². The molecule has 0 aliphatic rings. The summed E-state index contributed by atoms with van der Waals surface area (Å²) in [7, 11) is 1.58. The smallest absolute Gasteiger partial charge is 0.274 e. The van der Waals surface area contributed by atoms with Gasteiger partial charge < -0.3 is 14.5 Å². The average Bonchev–Trinajstić information content (AvgIpc) is 3.11. The number of hydrogen-bond acceptors (Lipinski definition) is 4. The first-order valence-electron chi connectivity index (χ1n) is 7.28. The molecular formula is C18H15FN2O3. The summed E-state index contributed by atoms with van der Waals surface area (Å²) in [4.78, 5) is 16.3. The number of benzene rings is 2. The molecule has 0 saturated carbocycles. The molecule has 0 saturated heterocycles. The molecule has 1 amide bonds. The van der Waals surface area contributed by atoms with E-state index in [1.54, 1.807) is 43.5 Å². The zero-order chi connectivity index (χ0) is 16.9. The highest BCUT2D eigenvalue weighted by atomic mass is 19.1. The Morgan fingerprint density at radius 2 is 1.88 bits per heavy atom. The number of halogens is 1. The van der Waals surface area contributed by atoms with Gasteiger partial charge >= 0.3 is 0 Å². The van der Waals surface area contributed by atoms with Crippen molar-refractivity contribution in [1.82, 2.24) is 10.3 Å². The molecule has 0 unspecified atom stereocenters. The topological polar surface area (TPSA) is 64.4 Å². The molecule has 3 rings (SSSR count). The lowest BCUT2D eigenvalue weighted by Crippen LogP contribution is -2.23. The van der Waals surface area contributed by atoms with Crippen molar-refractivity contribution in [1.29, 1.82) is 0 Å². The van der Waals surface area contributed by atoms with Gasteiger partial charge in [-0.15, -0.1) is 0 Å². The summed E-state index contributed by atoms with van der Waals surface area (Å²) < 4.78 is 23.3. The van der Waals surface area contributed by atoms with Crippen LogP contribution in [-0.2, 0) is 6.54 Å². The van der Waals surface area contributed by atoms with Gasteiger partial charge in [0.2, 0.25) is 0 Å². The third-order valence-electron chi connectivity index (χ3n) is 3.50. The lowest BCUT2D eigenvalue weighted by atomic mass is 10.1. The van der Waals surface area contributed by atoms with Crippen molar-refractivity contribution >= 4 is 5.91 Å². The van der Waals surface area contributed by atoms with Crippen LogP contribution in [-0.4, -0.2) is 18.0 Å². The van der Waals surface area contributed by atoms with Crippen LogP contribution in [0.3, 0.4) is 0 Å². The molecule has 3 aromatic rings. The SMILES string of the molecule is COc1ccc(-c2ocnc2C(=O)NCc2ccc(F)cc2)cc1. The highest BCUT2D eigenvalue weighted by Crippen LogP contribution is 2.25. The molecule has 0 aliphatic heterocycles. The van der Waals surface area contributed by atoms with Gasteiger partial charge in [0, 0.05) is 12.1 Å². The molecule has 5 nitrogen and oxygen atoms in total. The Labute approximate surface area is 138 Å². The van der Waals surface area contributed by atoms with Crippen LogP contribution in [0, 0.1) is 5.82 Å². The van der Waals surface area contributed by atoms with Crippen LogP contribution in [0.2, 0.25) is 0 Å². The van der Waals surface area contributed by atoms with Crippen molar-refractivity contribution in [3.05, 3.63) is 72.0 Å².